The first-order valence-corrected chi connectivity index (χ1v) is 7.46. The number of nitrogens with zero attached hydrogens (tertiary/aromatic N) is 1. The first kappa shape index (κ1) is 17.7. The molecule has 0 aromatic rings. The van der Waals surface area contributed by atoms with Crippen LogP contribution in [0.5, 0.6) is 0 Å². The number of morpholine rings is 1. The number of hydrogen-bond donors (Lipinski definition) is 2. The van der Waals surface area contributed by atoms with Crippen molar-refractivity contribution in [3.8, 4) is 0 Å². The number of halogens is 1. The maximum absolute atomic E-state index is 12.0. The zero-order chi connectivity index (χ0) is 13.9. The summed E-state index contributed by atoms with van der Waals surface area (Å²) in [6, 6.07) is 0.766. The molecule has 0 aromatic heterocycles. The molecule has 5 nitrogen and oxygen atoms in total. The van der Waals surface area contributed by atoms with Gasteiger partial charge in [0.15, 0.2) is 0 Å². The molecule has 2 rings (SSSR count). The Morgan fingerprint density at radius 2 is 2.20 bits per heavy atom. The molecule has 6 heteroatoms. The molecule has 1 aliphatic carbocycles. The van der Waals surface area contributed by atoms with Crippen LogP contribution in [-0.4, -0.2) is 54.7 Å². The third kappa shape index (κ3) is 4.88. The average Bonchev–Trinajstić information content (AvgIpc) is 3.20. The van der Waals surface area contributed by atoms with E-state index in [1.807, 2.05) is 6.92 Å². The van der Waals surface area contributed by atoms with Crippen LogP contribution in [0.4, 0.5) is 0 Å². The second kappa shape index (κ2) is 7.59. The van der Waals surface area contributed by atoms with Gasteiger partial charge in [-0.25, -0.2) is 0 Å². The molecule has 0 aromatic carbocycles. The van der Waals surface area contributed by atoms with E-state index in [4.69, 9.17) is 10.5 Å². The lowest BCUT2D eigenvalue weighted by atomic mass is 9.96. The summed E-state index contributed by atoms with van der Waals surface area (Å²) in [5, 5.41) is 2.94. The molecule has 20 heavy (non-hydrogen) atoms. The smallest absolute Gasteiger partial charge is 0.239 e. The number of ether oxygens (including phenoxy) is 1. The van der Waals surface area contributed by atoms with Gasteiger partial charge in [-0.05, 0) is 26.2 Å². The minimum Gasteiger partial charge on any atom is -0.374 e. The van der Waals surface area contributed by atoms with E-state index >= 15 is 0 Å². The van der Waals surface area contributed by atoms with Crippen molar-refractivity contribution >= 4 is 18.3 Å². The molecule has 118 valence electrons. The number of nitrogens with one attached hydrogen (secondary N) is 1. The van der Waals surface area contributed by atoms with Crippen LogP contribution in [0.1, 0.15) is 39.5 Å². The highest BCUT2D eigenvalue weighted by molar-refractivity contribution is 5.85. The number of rotatable bonds is 6. The molecule has 3 N–H and O–H groups in total. The van der Waals surface area contributed by atoms with Crippen molar-refractivity contribution in [1.82, 2.24) is 10.2 Å². The monoisotopic (exact) mass is 305 g/mol. The normalized spacial score (nSPS) is 26.4. The van der Waals surface area contributed by atoms with E-state index in [2.05, 4.69) is 10.2 Å². The summed E-state index contributed by atoms with van der Waals surface area (Å²) in [7, 11) is 0. The van der Waals surface area contributed by atoms with Gasteiger partial charge in [-0.1, -0.05) is 13.3 Å². The third-order valence-electron chi connectivity index (χ3n) is 4.01. The van der Waals surface area contributed by atoms with E-state index in [1.165, 1.54) is 12.8 Å². The Bertz CT molecular complexity index is 322. The van der Waals surface area contributed by atoms with Crippen molar-refractivity contribution in [1.29, 1.82) is 0 Å². The molecule has 1 saturated heterocycles. The summed E-state index contributed by atoms with van der Waals surface area (Å²) in [4.78, 5) is 14.5. The standard InChI is InChI=1S/C14H27N3O2.ClH/c1-3-6-14(2,15)13(18)16-9-12-10-17(7-8-19-12)11-4-5-11;/h11-12H,3-10,15H2,1-2H3,(H,16,18);1H. The van der Waals surface area contributed by atoms with Gasteiger partial charge >= 0.3 is 0 Å². The number of carbonyl (C=O) groups excluding carboxylic acids is 1. The second-order valence-corrected chi connectivity index (χ2v) is 6.10. The van der Waals surface area contributed by atoms with Gasteiger partial charge in [0.2, 0.25) is 5.91 Å². The van der Waals surface area contributed by atoms with Gasteiger partial charge in [-0.2, -0.15) is 0 Å². The van der Waals surface area contributed by atoms with E-state index in [-0.39, 0.29) is 24.4 Å². The van der Waals surface area contributed by atoms with Crippen molar-refractivity contribution < 1.29 is 9.53 Å². The summed E-state index contributed by atoms with van der Waals surface area (Å²) in [5.74, 6) is -0.0681. The van der Waals surface area contributed by atoms with E-state index < -0.39 is 5.54 Å². The van der Waals surface area contributed by atoms with Gasteiger partial charge < -0.3 is 15.8 Å². The van der Waals surface area contributed by atoms with E-state index in [0.717, 1.165) is 32.2 Å². The maximum Gasteiger partial charge on any atom is 0.239 e. The third-order valence-corrected chi connectivity index (χ3v) is 4.01. The number of hydrogen-bond acceptors (Lipinski definition) is 4. The van der Waals surface area contributed by atoms with Crippen molar-refractivity contribution in [2.75, 3.05) is 26.2 Å². The lowest BCUT2D eigenvalue weighted by Crippen LogP contribution is -2.55. The van der Waals surface area contributed by atoms with Crippen LogP contribution >= 0.6 is 12.4 Å². The second-order valence-electron chi connectivity index (χ2n) is 6.10. The van der Waals surface area contributed by atoms with Crippen LogP contribution in [-0.2, 0) is 9.53 Å². The molecule has 2 atom stereocenters. The minimum absolute atomic E-state index is 0. The van der Waals surface area contributed by atoms with Crippen molar-refractivity contribution in [3.63, 3.8) is 0 Å². The van der Waals surface area contributed by atoms with Crippen LogP contribution in [0.3, 0.4) is 0 Å². The molecule has 1 saturated carbocycles. The zero-order valence-corrected chi connectivity index (χ0v) is 13.4. The van der Waals surface area contributed by atoms with Crippen LogP contribution in [0.25, 0.3) is 0 Å². The van der Waals surface area contributed by atoms with E-state index in [0.29, 0.717) is 13.0 Å². The fourth-order valence-corrected chi connectivity index (χ4v) is 2.68. The lowest BCUT2D eigenvalue weighted by Gasteiger charge is -2.33. The van der Waals surface area contributed by atoms with Crippen molar-refractivity contribution in [2.45, 2.75) is 57.2 Å². The highest BCUT2D eigenvalue weighted by Crippen LogP contribution is 2.28. The Hall–Kier alpha value is -0.360. The van der Waals surface area contributed by atoms with Crippen LogP contribution in [0.2, 0.25) is 0 Å². The van der Waals surface area contributed by atoms with E-state index in [9.17, 15) is 4.79 Å². The molecule has 2 unspecified atom stereocenters. The highest BCUT2D eigenvalue weighted by atomic mass is 35.5. The maximum atomic E-state index is 12.0. The van der Waals surface area contributed by atoms with Crippen LogP contribution in [0.15, 0.2) is 0 Å². The van der Waals surface area contributed by atoms with Crippen molar-refractivity contribution in [2.24, 2.45) is 5.73 Å². The molecule has 0 spiro atoms. The van der Waals surface area contributed by atoms with Crippen LogP contribution in [0, 0.1) is 0 Å². The Balaban J connectivity index is 0.00000200. The molecule has 1 aliphatic heterocycles. The summed E-state index contributed by atoms with van der Waals surface area (Å²) in [6.45, 7) is 7.13. The Morgan fingerprint density at radius 1 is 1.50 bits per heavy atom. The molecule has 2 fully saturated rings. The summed E-state index contributed by atoms with van der Waals surface area (Å²) in [5.41, 5.74) is 5.24. The van der Waals surface area contributed by atoms with Crippen molar-refractivity contribution in [3.05, 3.63) is 0 Å². The quantitative estimate of drug-likeness (QED) is 0.765. The average molecular weight is 306 g/mol. The van der Waals surface area contributed by atoms with Gasteiger partial charge in [-0.15, -0.1) is 12.4 Å². The molecular weight excluding hydrogens is 278 g/mol. The topological polar surface area (TPSA) is 67.6 Å². The zero-order valence-electron chi connectivity index (χ0n) is 12.6. The van der Waals surface area contributed by atoms with Gasteiger partial charge in [0.25, 0.3) is 0 Å². The van der Waals surface area contributed by atoms with Crippen LogP contribution < -0.4 is 11.1 Å². The number of nitrogens with two attached hydrogens (primary N) is 1. The van der Waals surface area contributed by atoms with Gasteiger partial charge in [0, 0.05) is 25.7 Å². The molecule has 0 bridgehead atoms. The van der Waals surface area contributed by atoms with Gasteiger partial charge in [0.1, 0.15) is 0 Å². The van der Waals surface area contributed by atoms with Gasteiger partial charge in [0.05, 0.1) is 18.2 Å². The molecule has 0 radical (unpaired) electrons. The highest BCUT2D eigenvalue weighted by Gasteiger charge is 2.33. The predicted molar refractivity (Wildman–Crippen MR) is 82.1 cm³/mol. The molecule has 1 heterocycles. The van der Waals surface area contributed by atoms with E-state index in [1.54, 1.807) is 6.92 Å². The van der Waals surface area contributed by atoms with Gasteiger partial charge in [-0.3, -0.25) is 9.69 Å². The predicted octanol–water partition coefficient (Wildman–Crippen LogP) is 0.905. The lowest BCUT2D eigenvalue weighted by molar-refractivity contribution is -0.127. The Kier molecular flexibility index (Phi) is 6.72. The Labute approximate surface area is 128 Å². The number of carbonyl (C=O) groups is 1. The molecular formula is C14H28ClN3O2. The summed E-state index contributed by atoms with van der Waals surface area (Å²) < 4.78 is 5.71. The first-order chi connectivity index (χ1) is 9.03. The minimum atomic E-state index is -0.764. The largest absolute Gasteiger partial charge is 0.374 e. The molecule has 1 amide bonds. The number of amides is 1. The fourth-order valence-electron chi connectivity index (χ4n) is 2.68. The summed E-state index contributed by atoms with van der Waals surface area (Å²) >= 11 is 0. The molecule has 2 aliphatic rings. The first-order valence-electron chi connectivity index (χ1n) is 7.46. The summed E-state index contributed by atoms with van der Waals surface area (Å²) in [6.07, 6.45) is 4.36. The fraction of sp³-hybridized carbons (Fsp3) is 0.929. The Morgan fingerprint density at radius 3 is 2.80 bits per heavy atom. The SMILES string of the molecule is CCCC(C)(N)C(=O)NCC1CN(C2CC2)CCO1.Cl.